The van der Waals surface area contributed by atoms with Gasteiger partial charge in [0.1, 0.15) is 17.3 Å². The highest BCUT2D eigenvalue weighted by Crippen LogP contribution is 2.33. The predicted molar refractivity (Wildman–Crippen MR) is 86.1 cm³/mol. The van der Waals surface area contributed by atoms with Gasteiger partial charge in [-0.1, -0.05) is 51.4 Å². The minimum atomic E-state index is -0.0416. The monoisotopic (exact) mass is 291 g/mol. The third-order valence-corrected chi connectivity index (χ3v) is 3.46. The molecule has 2 aromatic rings. The molecule has 1 heterocycles. The number of benzene rings is 1. The highest BCUT2D eigenvalue weighted by atomic mass is 35.5. The molecule has 2 rings (SSSR count). The van der Waals surface area contributed by atoms with Gasteiger partial charge >= 0.3 is 0 Å². The summed E-state index contributed by atoms with van der Waals surface area (Å²) in [6, 6.07) is 7.68. The Kier molecular flexibility index (Phi) is 4.09. The Morgan fingerprint density at radius 2 is 2.00 bits per heavy atom. The Hall–Kier alpha value is -1.48. The van der Waals surface area contributed by atoms with Crippen LogP contribution in [0.1, 0.15) is 39.9 Å². The Morgan fingerprint density at radius 1 is 1.30 bits per heavy atom. The second-order valence-corrected chi connectivity index (χ2v) is 6.52. The van der Waals surface area contributed by atoms with Gasteiger partial charge in [0.05, 0.1) is 0 Å². The van der Waals surface area contributed by atoms with Gasteiger partial charge in [0.2, 0.25) is 0 Å². The highest BCUT2D eigenvalue weighted by molar-refractivity contribution is 6.30. The molecular formula is C16H22ClN3. The maximum atomic E-state index is 6.33. The van der Waals surface area contributed by atoms with Crippen molar-refractivity contribution in [2.45, 2.75) is 46.1 Å². The van der Waals surface area contributed by atoms with Gasteiger partial charge in [0, 0.05) is 22.5 Å². The number of halogens is 1. The first kappa shape index (κ1) is 14.9. The van der Waals surface area contributed by atoms with Gasteiger partial charge in [-0.25, -0.2) is 4.98 Å². The van der Waals surface area contributed by atoms with Crippen LogP contribution in [-0.4, -0.2) is 9.55 Å². The van der Waals surface area contributed by atoms with Crippen LogP contribution in [0.25, 0.3) is 11.3 Å². The summed E-state index contributed by atoms with van der Waals surface area (Å²) in [5.41, 5.74) is 8.08. The maximum absolute atomic E-state index is 6.33. The van der Waals surface area contributed by atoms with E-state index in [4.69, 9.17) is 22.3 Å². The van der Waals surface area contributed by atoms with Gasteiger partial charge in [0.15, 0.2) is 0 Å². The van der Waals surface area contributed by atoms with Crippen molar-refractivity contribution < 1.29 is 0 Å². The fourth-order valence-corrected chi connectivity index (χ4v) is 2.53. The molecule has 2 N–H and O–H groups in total. The SMILES string of the molecule is CCCn1c(C(C)(C)C)nc(-c2cccc(Cl)c2)c1N. The fraction of sp³-hybridized carbons (Fsp3) is 0.438. The topological polar surface area (TPSA) is 43.8 Å². The minimum Gasteiger partial charge on any atom is -0.383 e. The molecule has 0 saturated heterocycles. The predicted octanol–water partition coefficient (Wildman–Crippen LogP) is 4.49. The summed E-state index contributed by atoms with van der Waals surface area (Å²) >= 11 is 6.07. The molecule has 0 spiro atoms. The van der Waals surface area contributed by atoms with E-state index in [1.165, 1.54) is 0 Å². The van der Waals surface area contributed by atoms with Crippen molar-refractivity contribution in [2.75, 3.05) is 5.73 Å². The van der Waals surface area contributed by atoms with Crippen molar-refractivity contribution >= 4 is 17.4 Å². The molecule has 20 heavy (non-hydrogen) atoms. The Bertz CT molecular complexity index is 609. The molecule has 4 heteroatoms. The van der Waals surface area contributed by atoms with Crippen molar-refractivity contribution in [3.63, 3.8) is 0 Å². The van der Waals surface area contributed by atoms with E-state index in [1.807, 2.05) is 24.3 Å². The Labute approximate surface area is 125 Å². The summed E-state index contributed by atoms with van der Waals surface area (Å²) < 4.78 is 2.12. The van der Waals surface area contributed by atoms with E-state index in [9.17, 15) is 0 Å². The second-order valence-electron chi connectivity index (χ2n) is 6.08. The molecule has 108 valence electrons. The number of hydrogen-bond donors (Lipinski definition) is 1. The summed E-state index contributed by atoms with van der Waals surface area (Å²) in [6.07, 6.45) is 1.03. The molecule has 0 aliphatic rings. The normalized spacial score (nSPS) is 11.8. The molecule has 0 fully saturated rings. The standard InChI is InChI=1S/C16H22ClN3/c1-5-9-20-14(18)13(19-15(20)16(2,3)4)11-7-6-8-12(17)10-11/h6-8,10H,5,9,18H2,1-4H3. The minimum absolute atomic E-state index is 0.0416. The third kappa shape index (κ3) is 2.83. The zero-order valence-corrected chi connectivity index (χ0v) is 13.3. The molecule has 0 amide bonds. The molecule has 0 unspecified atom stereocenters. The molecule has 0 aliphatic carbocycles. The molecule has 1 aromatic carbocycles. The summed E-state index contributed by atoms with van der Waals surface area (Å²) in [7, 11) is 0. The number of imidazole rings is 1. The third-order valence-electron chi connectivity index (χ3n) is 3.22. The van der Waals surface area contributed by atoms with Crippen LogP contribution in [0.3, 0.4) is 0 Å². The molecule has 1 aromatic heterocycles. The van der Waals surface area contributed by atoms with Crippen LogP contribution in [0, 0.1) is 0 Å². The van der Waals surface area contributed by atoms with Gasteiger partial charge in [-0.2, -0.15) is 0 Å². The smallest absolute Gasteiger partial charge is 0.131 e. The van der Waals surface area contributed by atoms with Gasteiger partial charge < -0.3 is 10.3 Å². The van der Waals surface area contributed by atoms with Crippen LogP contribution in [0.5, 0.6) is 0 Å². The summed E-state index contributed by atoms with van der Waals surface area (Å²) in [4.78, 5) is 4.79. The Balaban J connectivity index is 2.61. The van der Waals surface area contributed by atoms with Gasteiger partial charge in [0.25, 0.3) is 0 Å². The lowest BCUT2D eigenvalue weighted by molar-refractivity contribution is 0.498. The number of hydrogen-bond acceptors (Lipinski definition) is 2. The van der Waals surface area contributed by atoms with Crippen molar-refractivity contribution in [3.8, 4) is 11.3 Å². The van der Waals surface area contributed by atoms with Crippen LogP contribution in [0.2, 0.25) is 5.02 Å². The van der Waals surface area contributed by atoms with Crippen LogP contribution >= 0.6 is 11.6 Å². The fourth-order valence-electron chi connectivity index (χ4n) is 2.34. The summed E-state index contributed by atoms with van der Waals surface area (Å²) in [5, 5.41) is 0.698. The largest absolute Gasteiger partial charge is 0.383 e. The van der Waals surface area contributed by atoms with E-state index < -0.39 is 0 Å². The number of nitrogens with zero attached hydrogens (tertiary/aromatic N) is 2. The molecule has 0 radical (unpaired) electrons. The van der Waals surface area contributed by atoms with Gasteiger partial charge in [-0.3, -0.25) is 0 Å². The lowest BCUT2D eigenvalue weighted by Crippen LogP contribution is -2.19. The summed E-state index contributed by atoms with van der Waals surface area (Å²) in [6.45, 7) is 9.49. The average Bonchev–Trinajstić information content (AvgIpc) is 2.68. The number of aromatic nitrogens is 2. The van der Waals surface area contributed by atoms with E-state index in [2.05, 4.69) is 32.3 Å². The van der Waals surface area contributed by atoms with Crippen molar-refractivity contribution in [1.82, 2.24) is 9.55 Å². The van der Waals surface area contributed by atoms with Crippen LogP contribution in [0.15, 0.2) is 24.3 Å². The van der Waals surface area contributed by atoms with Crippen LogP contribution in [0.4, 0.5) is 5.82 Å². The van der Waals surface area contributed by atoms with Crippen molar-refractivity contribution in [1.29, 1.82) is 0 Å². The van der Waals surface area contributed by atoms with E-state index in [1.54, 1.807) is 0 Å². The van der Waals surface area contributed by atoms with E-state index in [0.717, 1.165) is 35.9 Å². The highest BCUT2D eigenvalue weighted by Gasteiger charge is 2.25. The molecule has 0 aliphatic heterocycles. The van der Waals surface area contributed by atoms with Gasteiger partial charge in [-0.15, -0.1) is 0 Å². The first-order valence-corrected chi connectivity index (χ1v) is 7.34. The molecule has 0 atom stereocenters. The number of nitrogens with two attached hydrogens (primary N) is 1. The first-order valence-electron chi connectivity index (χ1n) is 6.97. The summed E-state index contributed by atoms with van der Waals surface area (Å²) in [5.74, 6) is 1.74. The average molecular weight is 292 g/mol. The maximum Gasteiger partial charge on any atom is 0.131 e. The van der Waals surface area contributed by atoms with E-state index in [0.29, 0.717) is 5.02 Å². The number of rotatable bonds is 3. The molecular weight excluding hydrogens is 270 g/mol. The lowest BCUT2D eigenvalue weighted by atomic mass is 9.95. The lowest BCUT2D eigenvalue weighted by Gasteiger charge is -2.19. The van der Waals surface area contributed by atoms with Crippen molar-refractivity contribution in [3.05, 3.63) is 35.1 Å². The number of anilines is 1. The van der Waals surface area contributed by atoms with Crippen LogP contribution in [-0.2, 0) is 12.0 Å². The van der Waals surface area contributed by atoms with E-state index >= 15 is 0 Å². The van der Waals surface area contributed by atoms with Crippen molar-refractivity contribution in [2.24, 2.45) is 0 Å². The van der Waals surface area contributed by atoms with E-state index in [-0.39, 0.29) is 5.41 Å². The zero-order valence-electron chi connectivity index (χ0n) is 12.6. The Morgan fingerprint density at radius 3 is 2.55 bits per heavy atom. The number of nitrogen functional groups attached to an aromatic ring is 1. The first-order chi connectivity index (χ1) is 9.34. The second kappa shape index (κ2) is 5.49. The zero-order chi connectivity index (χ0) is 14.9. The van der Waals surface area contributed by atoms with Gasteiger partial charge in [-0.05, 0) is 18.6 Å². The quantitative estimate of drug-likeness (QED) is 0.905. The molecule has 0 bridgehead atoms. The molecule has 3 nitrogen and oxygen atoms in total. The molecule has 0 saturated carbocycles. The van der Waals surface area contributed by atoms with Crippen LogP contribution < -0.4 is 5.73 Å².